The van der Waals surface area contributed by atoms with Gasteiger partial charge in [0.2, 0.25) is 0 Å². The second-order valence-corrected chi connectivity index (χ2v) is 6.27. The summed E-state index contributed by atoms with van der Waals surface area (Å²) in [6.07, 6.45) is 18.5. The van der Waals surface area contributed by atoms with Crippen LogP contribution in [0, 0.1) is 0 Å². The van der Waals surface area contributed by atoms with Gasteiger partial charge in [-0.1, -0.05) is 69.7 Å². The largest absolute Gasteiger partial charge is 0.132 e. The van der Waals surface area contributed by atoms with Gasteiger partial charge in [-0.3, -0.25) is 0 Å². The van der Waals surface area contributed by atoms with E-state index >= 15 is 0 Å². The van der Waals surface area contributed by atoms with Gasteiger partial charge >= 0.3 is 0 Å². The summed E-state index contributed by atoms with van der Waals surface area (Å²) in [6, 6.07) is 0. The molecule has 0 heterocycles. The summed E-state index contributed by atoms with van der Waals surface area (Å²) in [7, 11) is 0. The molecule has 0 atom stereocenters. The number of allylic oxidation sites excluding steroid dienone is 1. The Kier molecular flexibility index (Phi) is 9.08. The number of thiol groups is 1. The fourth-order valence-corrected chi connectivity index (χ4v) is 2.84. The standard InChI is InChI=1S/C15H26S2/c16-15(17)14-12-10-8-6-4-2-1-3-5-7-9-11-13-14/h12H,1-11,13H2,(H,16,17)/b14-12+. The van der Waals surface area contributed by atoms with E-state index in [-0.39, 0.29) is 0 Å². The quantitative estimate of drug-likeness (QED) is 0.459. The van der Waals surface area contributed by atoms with Crippen LogP contribution in [-0.4, -0.2) is 4.20 Å². The lowest BCUT2D eigenvalue weighted by atomic mass is 10.0. The Bertz CT molecular complexity index is 243. The summed E-state index contributed by atoms with van der Waals surface area (Å²) in [4.78, 5) is 0. The van der Waals surface area contributed by atoms with E-state index in [4.69, 9.17) is 12.2 Å². The smallest absolute Gasteiger partial charge is 0.0704 e. The molecule has 0 radical (unpaired) electrons. The minimum Gasteiger partial charge on any atom is -0.132 e. The van der Waals surface area contributed by atoms with Gasteiger partial charge in [0.1, 0.15) is 0 Å². The molecule has 0 aliphatic heterocycles. The normalized spacial score (nSPS) is 24.4. The Morgan fingerprint density at radius 1 is 0.824 bits per heavy atom. The Morgan fingerprint density at radius 3 is 1.82 bits per heavy atom. The summed E-state index contributed by atoms with van der Waals surface area (Å²) in [6.45, 7) is 0. The van der Waals surface area contributed by atoms with Gasteiger partial charge in [-0.15, -0.1) is 12.6 Å². The molecule has 0 spiro atoms. The molecule has 17 heavy (non-hydrogen) atoms. The molecular formula is C15H26S2. The van der Waals surface area contributed by atoms with Crippen LogP contribution in [0.1, 0.15) is 77.0 Å². The molecule has 2 heteroatoms. The van der Waals surface area contributed by atoms with Gasteiger partial charge in [-0.05, 0) is 31.3 Å². The molecule has 0 saturated carbocycles. The van der Waals surface area contributed by atoms with Crippen molar-refractivity contribution in [2.45, 2.75) is 77.0 Å². The summed E-state index contributed by atoms with van der Waals surface area (Å²) < 4.78 is 0.817. The average molecular weight is 271 g/mol. The number of hydrogen-bond acceptors (Lipinski definition) is 1. The third-order valence-corrected chi connectivity index (χ3v) is 4.12. The van der Waals surface area contributed by atoms with E-state index in [1.807, 2.05) is 0 Å². The summed E-state index contributed by atoms with van der Waals surface area (Å²) in [5, 5.41) is 0. The first kappa shape index (κ1) is 15.2. The fraction of sp³-hybridized carbons (Fsp3) is 0.800. The Morgan fingerprint density at radius 2 is 1.29 bits per heavy atom. The van der Waals surface area contributed by atoms with Crippen molar-refractivity contribution >= 4 is 29.0 Å². The maximum absolute atomic E-state index is 5.20. The third-order valence-electron chi connectivity index (χ3n) is 3.57. The van der Waals surface area contributed by atoms with Gasteiger partial charge in [-0.25, -0.2) is 0 Å². The SMILES string of the molecule is S=C(S)/C1=C/CCCCCCCCCCCC1. The van der Waals surface area contributed by atoms with Gasteiger partial charge in [-0.2, -0.15) is 0 Å². The molecule has 0 amide bonds. The van der Waals surface area contributed by atoms with Crippen LogP contribution in [-0.2, 0) is 0 Å². The molecular weight excluding hydrogens is 244 g/mol. The highest BCUT2D eigenvalue weighted by atomic mass is 32.1. The van der Waals surface area contributed by atoms with Gasteiger partial charge in [0.25, 0.3) is 0 Å². The Balaban J connectivity index is 2.38. The maximum atomic E-state index is 5.20. The molecule has 0 saturated heterocycles. The molecule has 0 aromatic heterocycles. The molecule has 1 aliphatic carbocycles. The van der Waals surface area contributed by atoms with Crippen molar-refractivity contribution in [3.8, 4) is 0 Å². The average Bonchev–Trinajstić information content (AvgIpc) is 2.31. The topological polar surface area (TPSA) is 0 Å². The van der Waals surface area contributed by atoms with Gasteiger partial charge in [0, 0.05) is 0 Å². The lowest BCUT2D eigenvalue weighted by Gasteiger charge is -2.07. The van der Waals surface area contributed by atoms with Crippen LogP contribution in [0.15, 0.2) is 11.6 Å². The van der Waals surface area contributed by atoms with Crippen molar-refractivity contribution in [1.29, 1.82) is 0 Å². The minimum atomic E-state index is 0.817. The molecule has 0 aromatic rings. The van der Waals surface area contributed by atoms with E-state index < -0.39 is 0 Å². The van der Waals surface area contributed by atoms with Crippen LogP contribution in [0.5, 0.6) is 0 Å². The molecule has 1 aliphatic rings. The van der Waals surface area contributed by atoms with Crippen molar-refractivity contribution < 1.29 is 0 Å². The Labute approximate surface area is 118 Å². The van der Waals surface area contributed by atoms with Crippen LogP contribution in [0.3, 0.4) is 0 Å². The van der Waals surface area contributed by atoms with E-state index in [1.54, 1.807) is 0 Å². The van der Waals surface area contributed by atoms with Gasteiger partial charge < -0.3 is 0 Å². The first-order chi connectivity index (χ1) is 8.30. The highest BCUT2D eigenvalue weighted by molar-refractivity contribution is 8.11. The monoisotopic (exact) mass is 270 g/mol. The summed E-state index contributed by atoms with van der Waals surface area (Å²) in [5.74, 6) is 0. The molecule has 0 N–H and O–H groups in total. The number of rotatable bonds is 1. The minimum absolute atomic E-state index is 0.817. The highest BCUT2D eigenvalue weighted by Crippen LogP contribution is 2.18. The summed E-state index contributed by atoms with van der Waals surface area (Å²) in [5.41, 5.74) is 1.32. The maximum Gasteiger partial charge on any atom is 0.0704 e. The van der Waals surface area contributed by atoms with Crippen molar-refractivity contribution in [3.05, 3.63) is 11.6 Å². The molecule has 0 nitrogen and oxygen atoms in total. The van der Waals surface area contributed by atoms with Crippen LogP contribution < -0.4 is 0 Å². The van der Waals surface area contributed by atoms with Crippen LogP contribution >= 0.6 is 24.8 Å². The Hall–Kier alpha value is 0.180. The van der Waals surface area contributed by atoms with Crippen LogP contribution in [0.25, 0.3) is 0 Å². The zero-order valence-electron chi connectivity index (χ0n) is 10.9. The second-order valence-electron chi connectivity index (χ2n) is 5.11. The van der Waals surface area contributed by atoms with Crippen molar-refractivity contribution in [3.63, 3.8) is 0 Å². The van der Waals surface area contributed by atoms with Crippen LogP contribution in [0.4, 0.5) is 0 Å². The molecule has 0 bridgehead atoms. The molecule has 1 rings (SSSR count). The van der Waals surface area contributed by atoms with Gasteiger partial charge in [0.05, 0.1) is 4.20 Å². The molecule has 0 unspecified atom stereocenters. The van der Waals surface area contributed by atoms with E-state index in [1.165, 1.54) is 76.2 Å². The lowest BCUT2D eigenvalue weighted by molar-refractivity contribution is 0.549. The zero-order valence-corrected chi connectivity index (χ0v) is 12.6. The fourth-order valence-electron chi connectivity index (χ4n) is 2.45. The first-order valence-electron chi connectivity index (χ1n) is 7.23. The predicted molar refractivity (Wildman–Crippen MR) is 85.1 cm³/mol. The van der Waals surface area contributed by atoms with Crippen molar-refractivity contribution in [1.82, 2.24) is 0 Å². The van der Waals surface area contributed by atoms with E-state index in [0.717, 1.165) is 10.6 Å². The molecule has 98 valence electrons. The molecule has 0 fully saturated rings. The third kappa shape index (κ3) is 7.99. The van der Waals surface area contributed by atoms with E-state index in [2.05, 4.69) is 18.7 Å². The van der Waals surface area contributed by atoms with Gasteiger partial charge in [0.15, 0.2) is 0 Å². The second kappa shape index (κ2) is 10.1. The van der Waals surface area contributed by atoms with E-state index in [0.29, 0.717) is 0 Å². The number of thiocarbonyl (C=S) groups is 1. The number of hydrogen-bond donors (Lipinski definition) is 1. The molecule has 0 aromatic carbocycles. The highest BCUT2D eigenvalue weighted by Gasteiger charge is 2.02. The van der Waals surface area contributed by atoms with Crippen molar-refractivity contribution in [2.24, 2.45) is 0 Å². The lowest BCUT2D eigenvalue weighted by Crippen LogP contribution is -1.93. The zero-order chi connectivity index (χ0) is 12.3. The summed E-state index contributed by atoms with van der Waals surface area (Å²) >= 11 is 9.54. The first-order valence-corrected chi connectivity index (χ1v) is 8.08. The van der Waals surface area contributed by atoms with Crippen LogP contribution in [0.2, 0.25) is 0 Å². The van der Waals surface area contributed by atoms with E-state index in [9.17, 15) is 0 Å². The van der Waals surface area contributed by atoms with Crippen molar-refractivity contribution in [2.75, 3.05) is 0 Å². The predicted octanol–water partition coefficient (Wildman–Crippen LogP) is 5.86.